The van der Waals surface area contributed by atoms with Crippen LogP contribution in [0.5, 0.6) is 5.75 Å². The van der Waals surface area contributed by atoms with Gasteiger partial charge in [-0.2, -0.15) is 0 Å². The predicted octanol–water partition coefficient (Wildman–Crippen LogP) is 4.49. The molecule has 2 aromatic rings. The minimum atomic E-state index is -0.745. The lowest BCUT2D eigenvalue weighted by molar-refractivity contribution is 0.411. The molecule has 6 heteroatoms. The molecule has 0 spiro atoms. The third-order valence-corrected chi connectivity index (χ3v) is 3.35. The lowest BCUT2D eigenvalue weighted by atomic mass is 10.2. The van der Waals surface area contributed by atoms with Crippen LogP contribution in [-0.2, 0) is 6.54 Å². The molecule has 0 saturated heterocycles. The number of rotatable bonds is 4. The molecule has 0 aliphatic rings. The van der Waals surface area contributed by atoms with Crippen LogP contribution in [0.15, 0.2) is 34.8 Å². The third-order valence-electron chi connectivity index (χ3n) is 2.72. The van der Waals surface area contributed by atoms with E-state index >= 15 is 0 Å². The molecule has 106 valence electrons. The van der Waals surface area contributed by atoms with Crippen molar-refractivity contribution in [3.8, 4) is 5.75 Å². The van der Waals surface area contributed by atoms with Gasteiger partial charge >= 0.3 is 0 Å². The van der Waals surface area contributed by atoms with E-state index in [2.05, 4.69) is 21.2 Å². The molecule has 20 heavy (non-hydrogen) atoms. The fraction of sp³-hybridized carbons (Fsp3) is 0.143. The van der Waals surface area contributed by atoms with Crippen LogP contribution in [-0.4, -0.2) is 7.11 Å². The molecule has 2 aromatic carbocycles. The van der Waals surface area contributed by atoms with Crippen molar-refractivity contribution < 1.29 is 17.9 Å². The second kappa shape index (κ2) is 6.17. The Kier molecular flexibility index (Phi) is 4.54. The maximum absolute atomic E-state index is 13.7. The molecule has 2 rings (SSSR count). The van der Waals surface area contributed by atoms with Gasteiger partial charge in [0.2, 0.25) is 0 Å². The lowest BCUT2D eigenvalue weighted by Crippen LogP contribution is -2.05. The van der Waals surface area contributed by atoms with Crippen molar-refractivity contribution in [3.63, 3.8) is 0 Å². The largest absolute Gasteiger partial charge is 0.497 e. The summed E-state index contributed by atoms with van der Waals surface area (Å²) in [6.45, 7) is 0.0664. The first-order valence-electron chi connectivity index (χ1n) is 5.72. The molecule has 0 atom stereocenters. The van der Waals surface area contributed by atoms with Crippen LogP contribution >= 0.6 is 15.9 Å². The number of hydrogen-bond donors (Lipinski definition) is 1. The van der Waals surface area contributed by atoms with Crippen LogP contribution in [0, 0.1) is 17.5 Å². The SMILES string of the molecule is COc1ccc(CNc2c(F)cc(F)cc2Br)c(F)c1. The Labute approximate surface area is 122 Å². The monoisotopic (exact) mass is 345 g/mol. The van der Waals surface area contributed by atoms with Crippen molar-refractivity contribution in [2.24, 2.45) is 0 Å². The van der Waals surface area contributed by atoms with E-state index in [4.69, 9.17) is 4.74 Å². The smallest absolute Gasteiger partial charge is 0.150 e. The average molecular weight is 346 g/mol. The molecule has 1 N–H and O–H groups in total. The highest BCUT2D eigenvalue weighted by Crippen LogP contribution is 2.27. The van der Waals surface area contributed by atoms with Crippen LogP contribution in [0.3, 0.4) is 0 Å². The Bertz CT molecular complexity index is 611. The maximum Gasteiger partial charge on any atom is 0.150 e. The molecule has 0 heterocycles. The van der Waals surface area contributed by atoms with Gasteiger partial charge in [-0.15, -0.1) is 0 Å². The fourth-order valence-electron chi connectivity index (χ4n) is 1.69. The highest BCUT2D eigenvalue weighted by Gasteiger charge is 2.10. The standard InChI is InChI=1S/C14H11BrF3NO/c1-20-10-3-2-8(12(17)6-10)7-19-14-11(15)4-9(16)5-13(14)18/h2-6,19H,7H2,1H3. The molecule has 0 amide bonds. The maximum atomic E-state index is 13.7. The summed E-state index contributed by atoms with van der Waals surface area (Å²) in [6, 6.07) is 6.28. The van der Waals surface area contributed by atoms with E-state index < -0.39 is 17.5 Å². The van der Waals surface area contributed by atoms with Crippen molar-refractivity contribution in [1.82, 2.24) is 0 Å². The van der Waals surface area contributed by atoms with Crippen LogP contribution in [0.25, 0.3) is 0 Å². The average Bonchev–Trinajstić information content (AvgIpc) is 2.39. The number of nitrogens with one attached hydrogen (secondary N) is 1. The summed E-state index contributed by atoms with van der Waals surface area (Å²) in [7, 11) is 1.44. The highest BCUT2D eigenvalue weighted by molar-refractivity contribution is 9.10. The van der Waals surface area contributed by atoms with E-state index in [1.165, 1.54) is 19.2 Å². The zero-order valence-corrected chi connectivity index (χ0v) is 12.1. The first-order valence-corrected chi connectivity index (χ1v) is 6.51. The van der Waals surface area contributed by atoms with Gasteiger partial charge in [0, 0.05) is 28.7 Å². The van der Waals surface area contributed by atoms with Gasteiger partial charge in [-0.3, -0.25) is 0 Å². The second-order valence-electron chi connectivity index (χ2n) is 4.06. The van der Waals surface area contributed by atoms with Crippen LogP contribution in [0.1, 0.15) is 5.56 Å². The number of anilines is 1. The molecular weight excluding hydrogens is 335 g/mol. The van der Waals surface area contributed by atoms with Crippen LogP contribution < -0.4 is 10.1 Å². The minimum Gasteiger partial charge on any atom is -0.497 e. The van der Waals surface area contributed by atoms with Gasteiger partial charge in [0.15, 0.2) is 0 Å². The number of methoxy groups -OCH3 is 1. The van der Waals surface area contributed by atoms with Crippen molar-refractivity contribution >= 4 is 21.6 Å². The number of ether oxygens (including phenoxy) is 1. The Morgan fingerprint density at radius 1 is 1.10 bits per heavy atom. The van der Waals surface area contributed by atoms with Gasteiger partial charge in [0.25, 0.3) is 0 Å². The van der Waals surface area contributed by atoms with Crippen LogP contribution in [0.4, 0.5) is 18.9 Å². The minimum absolute atomic E-state index is 0.0664. The molecule has 0 fully saturated rings. The van der Waals surface area contributed by atoms with Crippen molar-refractivity contribution in [2.45, 2.75) is 6.54 Å². The summed E-state index contributed by atoms with van der Waals surface area (Å²) in [4.78, 5) is 0. The molecule has 0 saturated carbocycles. The van der Waals surface area contributed by atoms with Crippen molar-refractivity contribution in [1.29, 1.82) is 0 Å². The van der Waals surface area contributed by atoms with E-state index in [-0.39, 0.29) is 16.7 Å². The molecule has 0 aromatic heterocycles. The molecule has 0 aliphatic carbocycles. The molecule has 0 bridgehead atoms. The summed E-state index contributed by atoms with van der Waals surface area (Å²) in [5.74, 6) is -1.49. The van der Waals surface area contributed by atoms with Crippen LogP contribution in [0.2, 0.25) is 0 Å². The van der Waals surface area contributed by atoms with E-state index in [1.807, 2.05) is 0 Å². The fourth-order valence-corrected chi connectivity index (χ4v) is 2.24. The third kappa shape index (κ3) is 3.25. The van der Waals surface area contributed by atoms with Gasteiger partial charge in [-0.05, 0) is 28.1 Å². The van der Waals surface area contributed by atoms with E-state index in [0.717, 1.165) is 12.1 Å². The number of halogens is 4. The van der Waals surface area contributed by atoms with E-state index in [0.29, 0.717) is 11.3 Å². The van der Waals surface area contributed by atoms with Gasteiger partial charge in [-0.1, -0.05) is 6.07 Å². The lowest BCUT2D eigenvalue weighted by Gasteiger charge is -2.11. The topological polar surface area (TPSA) is 21.3 Å². The molecule has 0 aliphatic heterocycles. The van der Waals surface area contributed by atoms with Crippen molar-refractivity contribution in [2.75, 3.05) is 12.4 Å². The molecule has 0 unspecified atom stereocenters. The number of benzene rings is 2. The summed E-state index contributed by atoms with van der Waals surface area (Å²) in [6.07, 6.45) is 0. The quantitative estimate of drug-likeness (QED) is 0.881. The summed E-state index contributed by atoms with van der Waals surface area (Å²) < 4.78 is 45.4. The second-order valence-corrected chi connectivity index (χ2v) is 4.91. The Balaban J connectivity index is 2.17. The Hall–Kier alpha value is -1.69. The van der Waals surface area contributed by atoms with Crippen molar-refractivity contribution in [3.05, 3.63) is 57.8 Å². The highest BCUT2D eigenvalue weighted by atomic mass is 79.9. The van der Waals surface area contributed by atoms with Gasteiger partial charge in [0.1, 0.15) is 23.2 Å². The zero-order valence-electron chi connectivity index (χ0n) is 10.5. The summed E-state index contributed by atoms with van der Waals surface area (Å²) in [5, 5.41) is 2.73. The van der Waals surface area contributed by atoms with Gasteiger partial charge in [-0.25, -0.2) is 13.2 Å². The number of hydrogen-bond acceptors (Lipinski definition) is 2. The Morgan fingerprint density at radius 2 is 1.85 bits per heavy atom. The van der Waals surface area contributed by atoms with Gasteiger partial charge < -0.3 is 10.1 Å². The first kappa shape index (κ1) is 14.7. The summed E-state index contributed by atoms with van der Waals surface area (Å²) >= 11 is 3.06. The molecule has 2 nitrogen and oxygen atoms in total. The van der Waals surface area contributed by atoms with E-state index in [9.17, 15) is 13.2 Å². The first-order chi connectivity index (χ1) is 9.51. The zero-order chi connectivity index (χ0) is 14.7. The Morgan fingerprint density at radius 3 is 2.45 bits per heavy atom. The van der Waals surface area contributed by atoms with E-state index in [1.54, 1.807) is 6.07 Å². The normalized spacial score (nSPS) is 10.4. The molecular formula is C14H11BrF3NO. The molecule has 0 radical (unpaired) electrons. The van der Waals surface area contributed by atoms with Gasteiger partial charge in [0.05, 0.1) is 12.8 Å². The predicted molar refractivity (Wildman–Crippen MR) is 74.3 cm³/mol. The summed E-state index contributed by atoms with van der Waals surface area (Å²) in [5.41, 5.74) is 0.433.